The third kappa shape index (κ3) is 4.47. The van der Waals surface area contributed by atoms with E-state index in [1.807, 2.05) is 17.0 Å². The molecule has 1 amide bonds. The van der Waals surface area contributed by atoms with E-state index in [9.17, 15) is 4.79 Å². The van der Waals surface area contributed by atoms with Crippen LogP contribution in [0.5, 0.6) is 5.75 Å². The van der Waals surface area contributed by atoms with Gasteiger partial charge in [0.15, 0.2) is 0 Å². The van der Waals surface area contributed by atoms with Gasteiger partial charge < -0.3 is 15.4 Å². The Morgan fingerprint density at radius 2 is 1.74 bits per heavy atom. The molecule has 0 aromatic heterocycles. The van der Waals surface area contributed by atoms with E-state index < -0.39 is 0 Å². The van der Waals surface area contributed by atoms with Gasteiger partial charge in [0.1, 0.15) is 5.75 Å². The molecule has 0 saturated carbocycles. The minimum absolute atomic E-state index is 0.206. The third-order valence-electron chi connectivity index (χ3n) is 3.42. The summed E-state index contributed by atoms with van der Waals surface area (Å²) < 4.78 is 5.55. The largest absolute Gasteiger partial charge is 0.493 e. The van der Waals surface area contributed by atoms with E-state index in [-0.39, 0.29) is 5.91 Å². The fourth-order valence-electron chi connectivity index (χ4n) is 2.30. The van der Waals surface area contributed by atoms with Crippen LogP contribution in [0.2, 0.25) is 0 Å². The standard InChI is InChI=1S/C15H22N2O2/c16-13-5-7-14(8-6-13)19-12-9-15(18)17-10-3-1-2-4-11-17/h5-8H,1-4,9-12,16H2. The van der Waals surface area contributed by atoms with Crippen LogP contribution in [0.25, 0.3) is 0 Å². The van der Waals surface area contributed by atoms with E-state index in [0.29, 0.717) is 18.7 Å². The summed E-state index contributed by atoms with van der Waals surface area (Å²) in [7, 11) is 0. The summed E-state index contributed by atoms with van der Waals surface area (Å²) in [5.74, 6) is 0.968. The number of anilines is 1. The molecule has 4 nitrogen and oxygen atoms in total. The molecule has 1 aliphatic heterocycles. The lowest BCUT2D eigenvalue weighted by atomic mass is 10.2. The quantitative estimate of drug-likeness (QED) is 0.848. The Balaban J connectivity index is 1.72. The molecule has 1 fully saturated rings. The molecule has 104 valence electrons. The maximum atomic E-state index is 12.0. The lowest BCUT2D eigenvalue weighted by molar-refractivity contribution is -0.131. The summed E-state index contributed by atoms with van der Waals surface area (Å²) in [5.41, 5.74) is 6.32. The number of carbonyl (C=O) groups is 1. The molecule has 2 N–H and O–H groups in total. The maximum absolute atomic E-state index is 12.0. The number of amides is 1. The van der Waals surface area contributed by atoms with E-state index in [2.05, 4.69) is 0 Å². The highest BCUT2D eigenvalue weighted by molar-refractivity contribution is 5.76. The van der Waals surface area contributed by atoms with Crippen LogP contribution in [-0.2, 0) is 4.79 Å². The lowest BCUT2D eigenvalue weighted by Crippen LogP contribution is -2.32. The molecule has 0 aliphatic carbocycles. The second-order valence-electron chi connectivity index (χ2n) is 4.96. The summed E-state index contributed by atoms with van der Waals surface area (Å²) >= 11 is 0. The highest BCUT2D eigenvalue weighted by atomic mass is 16.5. The first-order chi connectivity index (χ1) is 9.25. The van der Waals surface area contributed by atoms with E-state index in [1.165, 1.54) is 12.8 Å². The average molecular weight is 262 g/mol. The number of hydrogen-bond acceptors (Lipinski definition) is 3. The van der Waals surface area contributed by atoms with E-state index in [1.54, 1.807) is 12.1 Å². The number of ether oxygens (including phenoxy) is 1. The van der Waals surface area contributed by atoms with E-state index in [0.717, 1.165) is 31.7 Å². The molecule has 0 atom stereocenters. The van der Waals surface area contributed by atoms with Crippen molar-refractivity contribution >= 4 is 11.6 Å². The maximum Gasteiger partial charge on any atom is 0.225 e. The van der Waals surface area contributed by atoms with E-state index >= 15 is 0 Å². The van der Waals surface area contributed by atoms with Crippen molar-refractivity contribution in [1.82, 2.24) is 4.90 Å². The van der Waals surface area contributed by atoms with Crippen molar-refractivity contribution in [2.24, 2.45) is 0 Å². The Labute approximate surface area is 114 Å². The number of nitrogens with two attached hydrogens (primary N) is 1. The number of nitrogens with zero attached hydrogens (tertiary/aromatic N) is 1. The molecule has 19 heavy (non-hydrogen) atoms. The van der Waals surface area contributed by atoms with Crippen molar-refractivity contribution in [1.29, 1.82) is 0 Å². The van der Waals surface area contributed by atoms with E-state index in [4.69, 9.17) is 10.5 Å². The summed E-state index contributed by atoms with van der Waals surface area (Å²) in [6, 6.07) is 7.25. The number of carbonyl (C=O) groups excluding carboxylic acids is 1. The van der Waals surface area contributed by atoms with Gasteiger partial charge in [0.2, 0.25) is 5.91 Å². The molecule has 1 aromatic rings. The predicted molar refractivity (Wildman–Crippen MR) is 76.0 cm³/mol. The smallest absolute Gasteiger partial charge is 0.225 e. The molecule has 0 unspecified atom stereocenters. The van der Waals surface area contributed by atoms with Gasteiger partial charge in [-0.15, -0.1) is 0 Å². The third-order valence-corrected chi connectivity index (χ3v) is 3.42. The van der Waals surface area contributed by atoms with Crippen LogP contribution in [-0.4, -0.2) is 30.5 Å². The van der Waals surface area contributed by atoms with Crippen LogP contribution in [0.4, 0.5) is 5.69 Å². The number of rotatable bonds is 4. The molecule has 0 radical (unpaired) electrons. The zero-order valence-corrected chi connectivity index (χ0v) is 11.3. The van der Waals surface area contributed by atoms with Gasteiger partial charge in [-0.25, -0.2) is 0 Å². The van der Waals surface area contributed by atoms with Crippen LogP contribution in [0.15, 0.2) is 24.3 Å². The molecule has 1 aliphatic rings. The molecule has 1 heterocycles. The number of likely N-dealkylation sites (tertiary alicyclic amines) is 1. The van der Waals surface area contributed by atoms with Gasteiger partial charge in [-0.3, -0.25) is 4.79 Å². The Kier molecular flexibility index (Phi) is 5.07. The van der Waals surface area contributed by atoms with Gasteiger partial charge >= 0.3 is 0 Å². The average Bonchev–Trinajstić information content (AvgIpc) is 2.70. The van der Waals surface area contributed by atoms with Crippen molar-refractivity contribution in [3.8, 4) is 5.75 Å². The Bertz CT molecular complexity index is 395. The Morgan fingerprint density at radius 1 is 1.11 bits per heavy atom. The van der Waals surface area contributed by atoms with Gasteiger partial charge in [-0.1, -0.05) is 12.8 Å². The van der Waals surface area contributed by atoms with Crippen molar-refractivity contribution in [3.05, 3.63) is 24.3 Å². The molecular formula is C15H22N2O2. The van der Waals surface area contributed by atoms with Crippen molar-refractivity contribution in [3.63, 3.8) is 0 Å². The van der Waals surface area contributed by atoms with Crippen LogP contribution >= 0.6 is 0 Å². The normalized spacial score (nSPS) is 15.9. The Morgan fingerprint density at radius 3 is 2.37 bits per heavy atom. The molecule has 2 rings (SSSR count). The summed E-state index contributed by atoms with van der Waals surface area (Å²) in [6.07, 6.45) is 5.19. The molecule has 1 aromatic carbocycles. The lowest BCUT2D eigenvalue weighted by Gasteiger charge is -2.20. The zero-order valence-electron chi connectivity index (χ0n) is 11.3. The topological polar surface area (TPSA) is 55.6 Å². The van der Waals surface area contributed by atoms with Gasteiger partial charge in [0, 0.05) is 18.8 Å². The highest BCUT2D eigenvalue weighted by Gasteiger charge is 2.14. The van der Waals surface area contributed by atoms with Gasteiger partial charge in [-0.2, -0.15) is 0 Å². The van der Waals surface area contributed by atoms with Crippen LogP contribution in [0.1, 0.15) is 32.1 Å². The highest BCUT2D eigenvalue weighted by Crippen LogP contribution is 2.14. The monoisotopic (exact) mass is 262 g/mol. The molecule has 4 heteroatoms. The minimum atomic E-state index is 0.206. The Hall–Kier alpha value is -1.71. The van der Waals surface area contributed by atoms with Crippen LogP contribution in [0, 0.1) is 0 Å². The molecule has 0 bridgehead atoms. The van der Waals surface area contributed by atoms with Gasteiger partial charge in [-0.05, 0) is 37.1 Å². The SMILES string of the molecule is Nc1ccc(OCCC(=O)N2CCCCCC2)cc1. The predicted octanol–water partition coefficient (Wildman–Crippen LogP) is 2.44. The van der Waals surface area contributed by atoms with Crippen molar-refractivity contribution < 1.29 is 9.53 Å². The fourth-order valence-corrected chi connectivity index (χ4v) is 2.30. The zero-order chi connectivity index (χ0) is 13.5. The number of nitrogen functional groups attached to an aromatic ring is 1. The first-order valence-electron chi connectivity index (χ1n) is 7.02. The second kappa shape index (κ2) is 7.02. The van der Waals surface area contributed by atoms with Gasteiger partial charge in [0.05, 0.1) is 13.0 Å². The summed E-state index contributed by atoms with van der Waals surface area (Å²) in [5, 5.41) is 0. The first kappa shape index (κ1) is 13.7. The first-order valence-corrected chi connectivity index (χ1v) is 7.02. The fraction of sp³-hybridized carbons (Fsp3) is 0.533. The number of benzene rings is 1. The second-order valence-corrected chi connectivity index (χ2v) is 4.96. The summed E-state index contributed by atoms with van der Waals surface area (Å²) in [4.78, 5) is 14.0. The van der Waals surface area contributed by atoms with Crippen LogP contribution in [0.3, 0.4) is 0 Å². The van der Waals surface area contributed by atoms with Crippen LogP contribution < -0.4 is 10.5 Å². The molecule has 1 saturated heterocycles. The van der Waals surface area contributed by atoms with Gasteiger partial charge in [0.25, 0.3) is 0 Å². The van der Waals surface area contributed by atoms with Crippen molar-refractivity contribution in [2.75, 3.05) is 25.4 Å². The molecular weight excluding hydrogens is 240 g/mol. The number of hydrogen-bond donors (Lipinski definition) is 1. The minimum Gasteiger partial charge on any atom is -0.493 e. The summed E-state index contributed by atoms with van der Waals surface area (Å²) in [6.45, 7) is 2.24. The molecule has 0 spiro atoms. The van der Waals surface area contributed by atoms with Crippen molar-refractivity contribution in [2.45, 2.75) is 32.1 Å².